The van der Waals surface area contributed by atoms with Gasteiger partial charge in [0, 0.05) is 18.5 Å². The molecule has 4 aromatic rings. The first-order valence-electron chi connectivity index (χ1n) is 10.2. The van der Waals surface area contributed by atoms with E-state index in [2.05, 4.69) is 19.9 Å². The topological polar surface area (TPSA) is 115 Å². The van der Waals surface area contributed by atoms with Crippen LogP contribution in [-0.4, -0.2) is 53.2 Å². The molecule has 1 saturated heterocycles. The van der Waals surface area contributed by atoms with Crippen LogP contribution in [0.5, 0.6) is 5.75 Å². The number of fused-ring (bicyclic) bond motifs is 2. The molecule has 4 aromatic heterocycles. The third-order valence-electron chi connectivity index (χ3n) is 4.72. The van der Waals surface area contributed by atoms with Gasteiger partial charge in [0.05, 0.1) is 28.7 Å². The van der Waals surface area contributed by atoms with Crippen LogP contribution in [0.1, 0.15) is 32.9 Å². The number of halogens is 1. The van der Waals surface area contributed by atoms with Gasteiger partial charge in [-0.05, 0) is 44.9 Å². The summed E-state index contributed by atoms with van der Waals surface area (Å²) in [5.41, 5.74) is 2.45. The molecular formula is C22H24ClN5O4. The Balaban J connectivity index is 0.000000444. The summed E-state index contributed by atoms with van der Waals surface area (Å²) in [4.78, 5) is 17.0. The molecule has 5 rings (SSSR count). The second-order valence-electron chi connectivity index (χ2n) is 7.93. The maximum absolute atomic E-state index is 8.08. The molecule has 0 unspecified atom stereocenters. The van der Waals surface area contributed by atoms with E-state index in [-0.39, 0.29) is 12.3 Å². The Kier molecular flexibility index (Phi) is 6.52. The smallest absolute Gasteiger partial charge is 0.156 e. The molecule has 1 fully saturated rings. The number of ether oxygens (including phenoxy) is 2. The first kappa shape index (κ1) is 22.3. The molecule has 5 heterocycles. The van der Waals surface area contributed by atoms with Crippen molar-refractivity contribution in [1.82, 2.24) is 24.5 Å². The second kappa shape index (κ2) is 9.33. The largest absolute Gasteiger partial charge is 0.489 e. The molecule has 0 saturated carbocycles. The van der Waals surface area contributed by atoms with Crippen LogP contribution in [0.4, 0.5) is 0 Å². The number of aromatic nitrogens is 5. The number of rotatable bonds is 4. The molecule has 2 atom stereocenters. The van der Waals surface area contributed by atoms with Crippen molar-refractivity contribution in [3.05, 3.63) is 54.3 Å². The van der Waals surface area contributed by atoms with E-state index in [4.69, 9.17) is 31.3 Å². The molecule has 0 bridgehead atoms. The fourth-order valence-corrected chi connectivity index (χ4v) is 3.58. The molecule has 168 valence electrons. The van der Waals surface area contributed by atoms with Crippen LogP contribution in [0.15, 0.2) is 49.2 Å². The Morgan fingerprint density at radius 3 is 2.78 bits per heavy atom. The highest BCUT2D eigenvalue weighted by Crippen LogP contribution is 2.32. The van der Waals surface area contributed by atoms with E-state index in [0.29, 0.717) is 17.5 Å². The first-order chi connectivity index (χ1) is 15.3. The lowest BCUT2D eigenvalue weighted by atomic mass is 10.2. The van der Waals surface area contributed by atoms with Crippen molar-refractivity contribution in [2.24, 2.45) is 0 Å². The van der Waals surface area contributed by atoms with E-state index in [0.717, 1.165) is 34.9 Å². The van der Waals surface area contributed by atoms with Crippen LogP contribution >= 0.6 is 11.6 Å². The van der Waals surface area contributed by atoms with Crippen LogP contribution < -0.4 is 4.74 Å². The van der Waals surface area contributed by atoms with E-state index in [1.54, 1.807) is 12.4 Å². The maximum atomic E-state index is 8.08. The van der Waals surface area contributed by atoms with Crippen LogP contribution in [0.3, 0.4) is 0 Å². The zero-order chi connectivity index (χ0) is 22.7. The lowest BCUT2D eigenvalue weighted by Gasteiger charge is -2.16. The lowest BCUT2D eigenvalue weighted by Crippen LogP contribution is -2.18. The summed E-state index contributed by atoms with van der Waals surface area (Å²) in [6.45, 7) is 3.06. The highest BCUT2D eigenvalue weighted by atomic mass is 35.5. The van der Waals surface area contributed by atoms with Crippen molar-refractivity contribution in [1.29, 1.82) is 0 Å². The number of aliphatic hydroxyl groups is 2. The van der Waals surface area contributed by atoms with E-state index >= 15 is 0 Å². The summed E-state index contributed by atoms with van der Waals surface area (Å²) in [7, 11) is 0. The number of hydrogen-bond donors (Lipinski definition) is 2. The van der Waals surface area contributed by atoms with E-state index < -0.39 is 5.79 Å². The minimum Gasteiger partial charge on any atom is -0.489 e. The van der Waals surface area contributed by atoms with Crippen molar-refractivity contribution in [2.45, 2.75) is 44.8 Å². The molecule has 2 N–H and O–H groups in total. The molecule has 0 aromatic carbocycles. The van der Waals surface area contributed by atoms with Crippen LogP contribution in [0, 0.1) is 0 Å². The molecule has 10 heteroatoms. The Bertz CT molecular complexity index is 1200. The average molecular weight is 458 g/mol. The molecular weight excluding hydrogens is 434 g/mol. The standard InChI is InChI=1S/C19H16ClN5O2.C3H8O2/c20-18-14-5-7-25(19(14)24-11-23-18)17-4-3-12(27-17)10-26-13-8-16-15(22-9-13)2-1-6-21-16;1-3(2,4)5/h1-2,5-9,11-12,17H,3-4,10H2;4-5H,1-2H3/t12-,17+;/m0./s1. The van der Waals surface area contributed by atoms with Gasteiger partial charge in [-0.3, -0.25) is 9.97 Å². The Morgan fingerprint density at radius 1 is 1.16 bits per heavy atom. The Morgan fingerprint density at radius 2 is 1.97 bits per heavy atom. The van der Waals surface area contributed by atoms with Crippen LogP contribution in [-0.2, 0) is 4.74 Å². The zero-order valence-electron chi connectivity index (χ0n) is 17.7. The molecule has 32 heavy (non-hydrogen) atoms. The summed E-state index contributed by atoms with van der Waals surface area (Å²) < 4.78 is 14.1. The van der Waals surface area contributed by atoms with Gasteiger partial charge in [0.1, 0.15) is 35.7 Å². The number of pyridine rings is 2. The monoisotopic (exact) mass is 457 g/mol. The lowest BCUT2D eigenvalue weighted by molar-refractivity contribution is -0.127. The van der Waals surface area contributed by atoms with Gasteiger partial charge in [-0.2, -0.15) is 0 Å². The summed E-state index contributed by atoms with van der Waals surface area (Å²) in [5.74, 6) is -0.806. The van der Waals surface area contributed by atoms with Crippen LogP contribution in [0.25, 0.3) is 22.1 Å². The minimum atomic E-state index is -1.50. The highest BCUT2D eigenvalue weighted by Gasteiger charge is 2.28. The normalized spacial score (nSPS) is 18.5. The van der Waals surface area contributed by atoms with Crippen molar-refractivity contribution in [3.63, 3.8) is 0 Å². The quantitative estimate of drug-likeness (QED) is 0.353. The SMILES string of the molecule is CC(C)(O)O.Clc1ncnc2c1ccn2[C@H]1CC[C@@H](COc2cnc3cccnc3c2)O1. The number of hydrogen-bond acceptors (Lipinski definition) is 8. The van der Waals surface area contributed by atoms with Crippen molar-refractivity contribution in [3.8, 4) is 5.75 Å². The van der Waals surface area contributed by atoms with Gasteiger partial charge in [-0.25, -0.2) is 9.97 Å². The summed E-state index contributed by atoms with van der Waals surface area (Å²) in [5, 5.41) is 17.4. The molecule has 0 radical (unpaired) electrons. The Labute approximate surface area is 189 Å². The Hall–Kier alpha value is -2.85. The molecule has 1 aliphatic heterocycles. The average Bonchev–Trinajstić information content (AvgIpc) is 3.38. The van der Waals surface area contributed by atoms with E-state index in [9.17, 15) is 0 Å². The van der Waals surface area contributed by atoms with E-state index in [1.807, 2.05) is 35.0 Å². The van der Waals surface area contributed by atoms with Gasteiger partial charge in [0.2, 0.25) is 0 Å². The van der Waals surface area contributed by atoms with Crippen molar-refractivity contribution >= 4 is 33.7 Å². The van der Waals surface area contributed by atoms with Gasteiger partial charge in [0.25, 0.3) is 0 Å². The van der Waals surface area contributed by atoms with E-state index in [1.165, 1.54) is 20.2 Å². The first-order valence-corrected chi connectivity index (χ1v) is 10.6. The summed E-state index contributed by atoms with van der Waals surface area (Å²) >= 11 is 6.13. The summed E-state index contributed by atoms with van der Waals surface area (Å²) in [6.07, 6.45) is 8.59. The van der Waals surface area contributed by atoms with Gasteiger partial charge < -0.3 is 24.3 Å². The molecule has 0 amide bonds. The predicted octanol–water partition coefficient (Wildman–Crippen LogP) is 3.49. The maximum Gasteiger partial charge on any atom is 0.156 e. The third kappa shape index (κ3) is 5.49. The molecule has 0 spiro atoms. The minimum absolute atomic E-state index is 0.00388. The zero-order valence-corrected chi connectivity index (χ0v) is 18.5. The van der Waals surface area contributed by atoms with Gasteiger partial charge in [-0.1, -0.05) is 11.6 Å². The highest BCUT2D eigenvalue weighted by molar-refractivity contribution is 6.33. The fraction of sp³-hybridized carbons (Fsp3) is 0.364. The van der Waals surface area contributed by atoms with Gasteiger partial charge >= 0.3 is 0 Å². The fourth-order valence-electron chi connectivity index (χ4n) is 3.39. The van der Waals surface area contributed by atoms with Crippen molar-refractivity contribution in [2.75, 3.05) is 6.61 Å². The predicted molar refractivity (Wildman–Crippen MR) is 119 cm³/mol. The van der Waals surface area contributed by atoms with Gasteiger partial charge in [0.15, 0.2) is 5.79 Å². The molecule has 0 aliphatic carbocycles. The number of nitrogens with zero attached hydrogens (tertiary/aromatic N) is 5. The third-order valence-corrected chi connectivity index (χ3v) is 5.02. The van der Waals surface area contributed by atoms with Crippen LogP contribution in [0.2, 0.25) is 5.15 Å². The van der Waals surface area contributed by atoms with Crippen molar-refractivity contribution < 1.29 is 19.7 Å². The molecule has 9 nitrogen and oxygen atoms in total. The summed E-state index contributed by atoms with van der Waals surface area (Å²) in [6, 6.07) is 7.60. The van der Waals surface area contributed by atoms with Gasteiger partial charge in [-0.15, -0.1) is 0 Å². The second-order valence-corrected chi connectivity index (χ2v) is 8.29. The molecule has 1 aliphatic rings.